The monoisotopic (exact) mass is 605 g/mol. The van der Waals surface area contributed by atoms with Crippen LogP contribution in [-0.2, 0) is 35.2 Å². The van der Waals surface area contributed by atoms with Crippen molar-refractivity contribution in [2.75, 3.05) is 20.6 Å². The molecule has 5 heteroatoms. The predicted molar refractivity (Wildman–Crippen MR) is 132 cm³/mol. The molecule has 6 aliphatic rings. The van der Waals surface area contributed by atoms with Gasteiger partial charge in [-0.3, -0.25) is 0 Å². The van der Waals surface area contributed by atoms with Gasteiger partial charge in [0.05, 0.1) is 0 Å². The largest absolute Gasteiger partial charge is 0 e. The fourth-order valence-corrected chi connectivity index (χ4v) is 8.94. The molecule has 0 aromatic heterocycles. The first-order chi connectivity index (χ1) is 15.2. The minimum Gasteiger partial charge on any atom is 0 e. The SMILES string of the molecule is C1CC2CC1CC2PC1CC2CCC1C2.CN(C)C[C]1[C-][CH][CH][CH]1.[CH]1[CH][CH][CH][CH]1.[Cl][Pd+].[Fe]. The molecule has 0 heterocycles. The molecule has 0 saturated heterocycles. The summed E-state index contributed by atoms with van der Waals surface area (Å²) < 4.78 is 0. The second kappa shape index (κ2) is 16.6. The zero-order valence-electron chi connectivity index (χ0n) is 19.4. The van der Waals surface area contributed by atoms with Crippen molar-refractivity contribution in [2.24, 2.45) is 23.7 Å². The maximum Gasteiger partial charge on any atom is 0 e. The standard InChI is InChI=1S/C14H23P.C8H11N.C5H5.ClH.Fe.Pd/c1-3-11-5-9(1)7-13(11)15-14-8-10-2-4-12(14)6-10;1-9(2)7-8-5-3-4-6-8;1-2-4-5-3-1;;;/h9-15H,1-8H2;3-5H,7H2,1-2H3;1-5H;1H;;/q;-1;;;;+2/p-1. The minimum atomic E-state index is 0. The molecule has 6 fully saturated rings. The van der Waals surface area contributed by atoms with Gasteiger partial charge >= 0.3 is 27.7 Å². The van der Waals surface area contributed by atoms with E-state index in [0.717, 1.165) is 6.54 Å². The Kier molecular flexibility index (Phi) is 15.6. The van der Waals surface area contributed by atoms with E-state index in [4.69, 9.17) is 0 Å². The van der Waals surface area contributed by atoms with E-state index in [1.807, 2.05) is 44.9 Å². The van der Waals surface area contributed by atoms with Gasteiger partial charge in [-0.2, -0.15) is 5.92 Å². The van der Waals surface area contributed by atoms with Crippen molar-refractivity contribution >= 4 is 18.1 Å². The van der Waals surface area contributed by atoms with Crippen LogP contribution >= 0.6 is 18.1 Å². The Hall–Kier alpha value is 1.86. The Balaban J connectivity index is 0.000000184. The second-order valence-corrected chi connectivity index (χ2v) is 11.9. The zero-order chi connectivity index (χ0) is 22.1. The number of fused-ring (bicyclic) bond motifs is 4. The third-order valence-electron chi connectivity index (χ3n) is 7.61. The zero-order valence-corrected chi connectivity index (χ0v) is 23.9. The summed E-state index contributed by atoms with van der Waals surface area (Å²) >= 11 is 2.22. The third kappa shape index (κ3) is 9.72. The van der Waals surface area contributed by atoms with Crippen molar-refractivity contribution in [3.8, 4) is 0 Å². The average Bonchev–Trinajstić information content (AvgIpc) is 3.61. The summed E-state index contributed by atoms with van der Waals surface area (Å²) in [6.07, 6.45) is 32.1. The predicted octanol–water partition coefficient (Wildman–Crippen LogP) is 6.58. The summed E-state index contributed by atoms with van der Waals surface area (Å²) in [5, 5.41) is 0. The molecule has 1 nitrogen and oxygen atoms in total. The molecular weight excluding hydrogens is 567 g/mol. The fourth-order valence-electron chi connectivity index (χ4n) is 6.30. The number of nitrogens with zero attached hydrogens (tertiary/aromatic N) is 1. The van der Waals surface area contributed by atoms with Gasteiger partial charge in [0.1, 0.15) is 0 Å². The van der Waals surface area contributed by atoms with Crippen molar-refractivity contribution in [2.45, 2.75) is 62.7 Å². The van der Waals surface area contributed by atoms with Crippen LogP contribution in [0.15, 0.2) is 0 Å². The molecule has 6 rings (SSSR count). The molecule has 0 N–H and O–H groups in total. The van der Waals surface area contributed by atoms with E-state index in [9.17, 15) is 0 Å². The Morgan fingerprint density at radius 2 is 1.34 bits per heavy atom. The molecule has 0 aromatic rings. The van der Waals surface area contributed by atoms with Gasteiger partial charge in [0.25, 0.3) is 0 Å². The number of hydrogen-bond donors (Lipinski definition) is 0. The smallest absolute Gasteiger partial charge is 0 e. The second-order valence-electron chi connectivity index (χ2n) is 10.1. The summed E-state index contributed by atoms with van der Waals surface area (Å²) in [5.41, 5.74) is 2.40. The van der Waals surface area contributed by atoms with Crippen molar-refractivity contribution in [1.29, 1.82) is 0 Å². The Bertz CT molecular complexity index is 453. The molecule has 32 heavy (non-hydrogen) atoms. The van der Waals surface area contributed by atoms with Crippen LogP contribution in [0.25, 0.3) is 0 Å². The van der Waals surface area contributed by atoms with E-state index in [2.05, 4.69) is 59.5 Å². The molecule has 4 bridgehead atoms. The summed E-state index contributed by atoms with van der Waals surface area (Å²) in [6.45, 7) is 0.993. The number of hydrogen-bond acceptors (Lipinski definition) is 1. The van der Waals surface area contributed by atoms with E-state index in [0.29, 0.717) is 0 Å². The molecule has 6 aliphatic carbocycles. The summed E-state index contributed by atoms with van der Waals surface area (Å²) in [7, 11) is 9.98. The van der Waals surface area contributed by atoms with E-state index in [1.165, 1.54) is 49.5 Å². The molecule has 0 aromatic carbocycles. The summed E-state index contributed by atoms with van der Waals surface area (Å²) in [4.78, 5) is 2.13. The first-order valence-corrected chi connectivity index (χ1v) is 15.1. The molecule has 6 saturated carbocycles. The van der Waals surface area contributed by atoms with E-state index in [1.54, 1.807) is 51.4 Å². The van der Waals surface area contributed by atoms with E-state index >= 15 is 0 Å². The van der Waals surface area contributed by atoms with E-state index in [-0.39, 0.29) is 17.1 Å². The van der Waals surface area contributed by atoms with Crippen LogP contribution in [0.1, 0.15) is 51.4 Å². The third-order valence-corrected chi connectivity index (χ3v) is 9.88. The molecule has 10 radical (unpaired) electrons. The van der Waals surface area contributed by atoms with Gasteiger partial charge in [0.15, 0.2) is 0 Å². The maximum absolute atomic E-state index is 4.49. The fraction of sp³-hybridized carbons (Fsp3) is 0.630. The molecule has 6 unspecified atom stereocenters. The van der Waals surface area contributed by atoms with Crippen molar-refractivity contribution < 1.29 is 35.2 Å². The molecule has 6 atom stereocenters. The van der Waals surface area contributed by atoms with Gasteiger partial charge in [0, 0.05) is 17.1 Å². The minimum absolute atomic E-state index is 0. The van der Waals surface area contributed by atoms with Crippen molar-refractivity contribution in [1.82, 2.24) is 4.90 Å². The quantitative estimate of drug-likeness (QED) is 0.199. The van der Waals surface area contributed by atoms with Gasteiger partial charge in [-0.15, -0.1) is 8.58 Å². The Morgan fingerprint density at radius 3 is 1.66 bits per heavy atom. The van der Waals surface area contributed by atoms with E-state index < -0.39 is 0 Å². The van der Waals surface area contributed by atoms with Crippen LogP contribution in [0.3, 0.4) is 0 Å². The van der Waals surface area contributed by atoms with Crippen LogP contribution in [0, 0.1) is 87.4 Å². The first kappa shape index (κ1) is 30.1. The van der Waals surface area contributed by atoms with Gasteiger partial charge in [-0.25, -0.2) is 6.42 Å². The van der Waals surface area contributed by atoms with Crippen LogP contribution in [0.2, 0.25) is 0 Å². The van der Waals surface area contributed by atoms with Gasteiger partial charge in [-0.05, 0) is 126 Å². The van der Waals surface area contributed by atoms with Crippen LogP contribution in [0.5, 0.6) is 0 Å². The van der Waals surface area contributed by atoms with Gasteiger partial charge in [-0.1, -0.05) is 25.7 Å². The first-order valence-electron chi connectivity index (χ1n) is 12.0. The molecule has 0 aliphatic heterocycles. The normalized spacial score (nSPS) is 37.1. The van der Waals surface area contributed by atoms with Crippen molar-refractivity contribution in [3.63, 3.8) is 0 Å². The molecular formula is C27H39ClFeNPPd. The summed E-state index contributed by atoms with van der Waals surface area (Å²) in [6, 6.07) is 0. The molecule has 0 amide bonds. The van der Waals surface area contributed by atoms with Crippen molar-refractivity contribution in [3.05, 3.63) is 63.7 Å². The average molecular weight is 606 g/mol. The maximum atomic E-state index is 4.49. The number of halogens is 1. The van der Waals surface area contributed by atoms with Gasteiger partial charge < -0.3 is 11.3 Å². The topological polar surface area (TPSA) is 3.24 Å². The Morgan fingerprint density at radius 1 is 0.844 bits per heavy atom. The van der Waals surface area contributed by atoms with Crippen LogP contribution in [0.4, 0.5) is 0 Å². The van der Waals surface area contributed by atoms with Crippen LogP contribution < -0.4 is 0 Å². The number of rotatable bonds is 4. The van der Waals surface area contributed by atoms with Gasteiger partial charge in [0.2, 0.25) is 0 Å². The summed E-state index contributed by atoms with van der Waals surface area (Å²) in [5.74, 6) is 5.98. The van der Waals surface area contributed by atoms with Crippen LogP contribution in [-0.4, -0.2) is 36.9 Å². The molecule has 182 valence electrons. The Labute approximate surface area is 227 Å². The molecule has 0 spiro atoms.